The number of hydrogen-bond donors (Lipinski definition) is 1. The van der Waals surface area contributed by atoms with Crippen LogP contribution in [0.5, 0.6) is 0 Å². The summed E-state index contributed by atoms with van der Waals surface area (Å²) in [5.74, 6) is 2.02. The van der Waals surface area contributed by atoms with Gasteiger partial charge in [0.15, 0.2) is 0 Å². The number of likely N-dealkylation sites (tertiary alicyclic amines) is 1. The molecule has 2 saturated carbocycles. The van der Waals surface area contributed by atoms with Gasteiger partial charge in [0.1, 0.15) is 5.54 Å². The average molecular weight is 237 g/mol. The Morgan fingerprint density at radius 1 is 1.41 bits per heavy atom. The molecule has 0 aromatic rings. The fourth-order valence-corrected chi connectivity index (χ4v) is 4.44. The zero-order valence-electron chi connectivity index (χ0n) is 10.7. The van der Waals surface area contributed by atoms with Crippen molar-refractivity contribution < 1.29 is 9.90 Å². The zero-order valence-corrected chi connectivity index (χ0v) is 10.7. The minimum atomic E-state index is -0.627. The number of fused-ring (bicyclic) bond motifs is 2. The summed E-state index contributed by atoms with van der Waals surface area (Å²) in [5, 5.41) is 9.41. The average Bonchev–Trinajstić information content (AvgIpc) is 2.95. The van der Waals surface area contributed by atoms with E-state index in [-0.39, 0.29) is 0 Å². The van der Waals surface area contributed by atoms with E-state index >= 15 is 0 Å². The van der Waals surface area contributed by atoms with Crippen molar-refractivity contribution in [2.24, 2.45) is 17.8 Å². The van der Waals surface area contributed by atoms with E-state index in [1.807, 2.05) is 6.92 Å². The van der Waals surface area contributed by atoms with E-state index in [0.717, 1.165) is 43.7 Å². The molecule has 3 rings (SSSR count). The molecule has 0 radical (unpaired) electrons. The Kier molecular flexibility index (Phi) is 2.69. The molecule has 1 N–H and O–H groups in total. The largest absolute Gasteiger partial charge is 0.480 e. The van der Waals surface area contributed by atoms with Crippen LogP contribution in [0.2, 0.25) is 0 Å². The number of carboxylic acids is 1. The molecule has 2 aliphatic carbocycles. The molecule has 1 saturated heterocycles. The molecular weight excluding hydrogens is 214 g/mol. The quantitative estimate of drug-likeness (QED) is 0.819. The Hall–Kier alpha value is -0.570. The van der Waals surface area contributed by atoms with Gasteiger partial charge in [-0.15, -0.1) is 0 Å². The molecule has 0 amide bonds. The second-order valence-electron chi connectivity index (χ2n) is 6.56. The number of carboxylic acid groups (broad SMARTS) is 1. The van der Waals surface area contributed by atoms with Gasteiger partial charge in [0.25, 0.3) is 0 Å². The van der Waals surface area contributed by atoms with Crippen LogP contribution in [0.4, 0.5) is 0 Å². The van der Waals surface area contributed by atoms with Crippen LogP contribution in [0.25, 0.3) is 0 Å². The maximum Gasteiger partial charge on any atom is 0.323 e. The van der Waals surface area contributed by atoms with Crippen LogP contribution in [0.1, 0.15) is 45.4 Å². The van der Waals surface area contributed by atoms with Gasteiger partial charge in [0.2, 0.25) is 0 Å². The number of nitrogens with zero attached hydrogens (tertiary/aromatic N) is 1. The summed E-state index contributed by atoms with van der Waals surface area (Å²) in [6, 6.07) is 0. The lowest BCUT2D eigenvalue weighted by atomic mass is 9.87. The highest BCUT2D eigenvalue weighted by Gasteiger charge is 2.47. The highest BCUT2D eigenvalue weighted by molar-refractivity contribution is 5.78. The van der Waals surface area contributed by atoms with Gasteiger partial charge in [0.05, 0.1) is 0 Å². The van der Waals surface area contributed by atoms with E-state index in [2.05, 4.69) is 4.90 Å². The Morgan fingerprint density at radius 3 is 2.82 bits per heavy atom. The molecule has 0 aromatic carbocycles. The van der Waals surface area contributed by atoms with Crippen molar-refractivity contribution in [3.63, 3.8) is 0 Å². The molecule has 17 heavy (non-hydrogen) atoms. The summed E-state index contributed by atoms with van der Waals surface area (Å²) in [6.07, 6.45) is 7.47. The second kappa shape index (κ2) is 3.98. The fraction of sp³-hybridized carbons (Fsp3) is 0.929. The van der Waals surface area contributed by atoms with Crippen molar-refractivity contribution in [3.8, 4) is 0 Å². The van der Waals surface area contributed by atoms with Gasteiger partial charge in [-0.2, -0.15) is 0 Å². The van der Waals surface area contributed by atoms with Crippen LogP contribution in [0.15, 0.2) is 0 Å². The first-order valence-corrected chi connectivity index (χ1v) is 7.08. The fourth-order valence-electron chi connectivity index (χ4n) is 4.44. The lowest BCUT2D eigenvalue weighted by Crippen LogP contribution is -2.50. The molecule has 96 valence electrons. The first-order valence-electron chi connectivity index (χ1n) is 7.08. The van der Waals surface area contributed by atoms with Crippen molar-refractivity contribution in [3.05, 3.63) is 0 Å². The summed E-state index contributed by atoms with van der Waals surface area (Å²) in [5.41, 5.74) is -0.582. The van der Waals surface area contributed by atoms with Crippen molar-refractivity contribution in [2.45, 2.75) is 51.0 Å². The van der Waals surface area contributed by atoms with Crippen LogP contribution in [-0.4, -0.2) is 34.6 Å². The second-order valence-corrected chi connectivity index (χ2v) is 6.56. The molecule has 0 spiro atoms. The molecule has 4 unspecified atom stereocenters. The summed E-state index contributed by atoms with van der Waals surface area (Å²) in [4.78, 5) is 13.7. The minimum absolute atomic E-state index is 0.582. The Balaban J connectivity index is 1.67. The third-order valence-corrected chi connectivity index (χ3v) is 5.59. The zero-order chi connectivity index (χ0) is 12.0. The van der Waals surface area contributed by atoms with Crippen molar-refractivity contribution in [1.82, 2.24) is 4.90 Å². The van der Waals surface area contributed by atoms with Crippen LogP contribution in [-0.2, 0) is 4.79 Å². The first kappa shape index (κ1) is 11.5. The van der Waals surface area contributed by atoms with Crippen LogP contribution >= 0.6 is 0 Å². The standard InChI is InChI=1S/C14H23NO2/c1-14(13(16)17)5-2-6-15(14)9-12-8-10-3-4-11(12)7-10/h10-12H,2-9H2,1H3,(H,16,17). The third-order valence-electron chi connectivity index (χ3n) is 5.59. The van der Waals surface area contributed by atoms with Crippen molar-refractivity contribution >= 4 is 5.97 Å². The van der Waals surface area contributed by atoms with Gasteiger partial charge in [0, 0.05) is 6.54 Å². The normalized spacial score (nSPS) is 45.6. The monoisotopic (exact) mass is 237 g/mol. The van der Waals surface area contributed by atoms with Gasteiger partial charge in [-0.1, -0.05) is 6.42 Å². The lowest BCUT2D eigenvalue weighted by Gasteiger charge is -2.35. The van der Waals surface area contributed by atoms with E-state index in [9.17, 15) is 9.90 Å². The Bertz CT molecular complexity index is 330. The van der Waals surface area contributed by atoms with E-state index in [1.165, 1.54) is 25.7 Å². The van der Waals surface area contributed by atoms with Gasteiger partial charge < -0.3 is 5.11 Å². The first-order chi connectivity index (χ1) is 8.09. The maximum atomic E-state index is 11.4. The van der Waals surface area contributed by atoms with Crippen LogP contribution in [0, 0.1) is 17.8 Å². The molecule has 3 nitrogen and oxygen atoms in total. The van der Waals surface area contributed by atoms with Crippen LogP contribution in [0.3, 0.4) is 0 Å². The number of hydrogen-bond acceptors (Lipinski definition) is 2. The molecule has 4 atom stereocenters. The van der Waals surface area contributed by atoms with Gasteiger partial charge in [-0.05, 0) is 63.3 Å². The smallest absolute Gasteiger partial charge is 0.323 e. The van der Waals surface area contributed by atoms with E-state index < -0.39 is 11.5 Å². The molecule has 0 aromatic heterocycles. The summed E-state index contributed by atoms with van der Waals surface area (Å²) in [6.45, 7) is 3.93. The lowest BCUT2D eigenvalue weighted by molar-refractivity contribution is -0.149. The molecule has 3 aliphatic rings. The van der Waals surface area contributed by atoms with Crippen LogP contribution < -0.4 is 0 Å². The summed E-state index contributed by atoms with van der Waals surface area (Å²) in [7, 11) is 0. The molecule has 3 heteroatoms. The highest BCUT2D eigenvalue weighted by Crippen LogP contribution is 2.49. The van der Waals surface area contributed by atoms with Gasteiger partial charge >= 0.3 is 5.97 Å². The van der Waals surface area contributed by atoms with Crippen molar-refractivity contribution in [1.29, 1.82) is 0 Å². The third kappa shape index (κ3) is 1.79. The van der Waals surface area contributed by atoms with Gasteiger partial charge in [-0.25, -0.2) is 0 Å². The predicted octanol–water partition coefficient (Wildman–Crippen LogP) is 2.36. The van der Waals surface area contributed by atoms with Gasteiger partial charge in [-0.3, -0.25) is 9.69 Å². The van der Waals surface area contributed by atoms with E-state index in [0.29, 0.717) is 0 Å². The van der Waals surface area contributed by atoms with Crippen molar-refractivity contribution in [2.75, 3.05) is 13.1 Å². The SMILES string of the molecule is CC1(C(=O)O)CCCN1CC1CC2CCC1C2. The molecule has 1 heterocycles. The molecular formula is C14H23NO2. The molecule has 3 fully saturated rings. The molecule has 1 aliphatic heterocycles. The maximum absolute atomic E-state index is 11.4. The number of aliphatic carboxylic acids is 1. The Morgan fingerprint density at radius 2 is 2.24 bits per heavy atom. The summed E-state index contributed by atoms with van der Waals surface area (Å²) >= 11 is 0. The number of rotatable bonds is 3. The summed E-state index contributed by atoms with van der Waals surface area (Å²) < 4.78 is 0. The highest BCUT2D eigenvalue weighted by atomic mass is 16.4. The predicted molar refractivity (Wildman–Crippen MR) is 65.8 cm³/mol. The van der Waals surface area contributed by atoms with E-state index in [1.54, 1.807) is 0 Å². The molecule has 2 bridgehead atoms. The number of carbonyl (C=O) groups is 1. The minimum Gasteiger partial charge on any atom is -0.480 e. The Labute approximate surface area is 103 Å². The topological polar surface area (TPSA) is 40.5 Å². The van der Waals surface area contributed by atoms with E-state index in [4.69, 9.17) is 0 Å².